The zero-order valence-corrected chi connectivity index (χ0v) is 12.4. The van der Waals surface area contributed by atoms with Crippen molar-refractivity contribution >= 4 is 10.9 Å². The molecular weight excluding hydrogens is 232 g/mol. The summed E-state index contributed by atoms with van der Waals surface area (Å²) in [5.41, 5.74) is 2.82. The molecule has 1 N–H and O–H groups in total. The van der Waals surface area contributed by atoms with Crippen LogP contribution in [0.3, 0.4) is 0 Å². The van der Waals surface area contributed by atoms with Crippen LogP contribution in [0.5, 0.6) is 0 Å². The molecule has 0 radical (unpaired) electrons. The van der Waals surface area contributed by atoms with E-state index in [2.05, 4.69) is 62.4 Å². The average molecular weight is 256 g/mol. The molecule has 0 bridgehead atoms. The summed E-state index contributed by atoms with van der Waals surface area (Å²) in [5, 5.41) is 4.73. The molecule has 1 atom stereocenters. The topological polar surface area (TPSA) is 24.9 Å². The number of nitrogens with one attached hydrogen (secondary N) is 1. The number of aromatic nitrogens is 1. The van der Waals surface area contributed by atoms with Crippen molar-refractivity contribution in [2.45, 2.75) is 39.7 Å². The Morgan fingerprint density at radius 1 is 1.16 bits per heavy atom. The number of fused-ring (bicyclic) bond motifs is 1. The van der Waals surface area contributed by atoms with E-state index in [1.807, 2.05) is 12.3 Å². The molecule has 0 amide bonds. The molecular formula is C17H24N2. The second-order valence-electron chi connectivity index (χ2n) is 6.44. The fourth-order valence-electron chi connectivity index (χ4n) is 2.61. The third-order valence-corrected chi connectivity index (χ3v) is 3.47. The maximum absolute atomic E-state index is 4.43. The lowest BCUT2D eigenvalue weighted by atomic mass is 9.85. The van der Waals surface area contributed by atoms with E-state index in [-0.39, 0.29) is 0 Å². The van der Waals surface area contributed by atoms with Crippen molar-refractivity contribution in [3.8, 4) is 0 Å². The van der Waals surface area contributed by atoms with Gasteiger partial charge in [0.1, 0.15) is 0 Å². The number of likely N-dealkylation sites (N-methyl/N-ethyl adjacent to an activating group) is 1. The summed E-state index contributed by atoms with van der Waals surface area (Å²) in [6, 6.07) is 11.0. The van der Waals surface area contributed by atoms with Crippen molar-refractivity contribution in [1.29, 1.82) is 0 Å². The van der Waals surface area contributed by atoms with Gasteiger partial charge in [-0.3, -0.25) is 4.98 Å². The van der Waals surface area contributed by atoms with Gasteiger partial charge >= 0.3 is 0 Å². The van der Waals surface area contributed by atoms with Gasteiger partial charge in [0.25, 0.3) is 0 Å². The molecule has 0 fully saturated rings. The smallest absolute Gasteiger partial charge is 0.0704 e. The number of nitrogens with zero attached hydrogens (tertiary/aromatic N) is 1. The van der Waals surface area contributed by atoms with Gasteiger partial charge in [0.05, 0.1) is 5.52 Å². The summed E-state index contributed by atoms with van der Waals surface area (Å²) >= 11 is 0. The molecule has 2 aromatic rings. The van der Waals surface area contributed by atoms with Crippen molar-refractivity contribution < 1.29 is 0 Å². The lowest BCUT2D eigenvalue weighted by Crippen LogP contribution is -2.32. The van der Waals surface area contributed by atoms with Crippen LogP contribution in [0.1, 0.15) is 32.8 Å². The summed E-state index contributed by atoms with van der Waals surface area (Å²) < 4.78 is 0. The van der Waals surface area contributed by atoms with E-state index in [0.717, 1.165) is 11.9 Å². The predicted octanol–water partition coefficient (Wildman–Crippen LogP) is 3.80. The van der Waals surface area contributed by atoms with Crippen LogP contribution in [0, 0.1) is 5.41 Å². The molecule has 0 saturated carbocycles. The average Bonchev–Trinajstić information content (AvgIpc) is 2.37. The highest BCUT2D eigenvalue weighted by molar-refractivity contribution is 5.81. The molecule has 2 rings (SSSR count). The Labute approximate surface area is 116 Å². The van der Waals surface area contributed by atoms with Gasteiger partial charge in [0.2, 0.25) is 0 Å². The fourth-order valence-corrected chi connectivity index (χ4v) is 2.61. The highest BCUT2D eigenvalue weighted by Crippen LogP contribution is 2.24. The second kappa shape index (κ2) is 5.70. The number of hydrogen-bond donors (Lipinski definition) is 1. The Kier molecular flexibility index (Phi) is 4.20. The first-order chi connectivity index (χ1) is 8.99. The second-order valence-corrected chi connectivity index (χ2v) is 6.44. The summed E-state index contributed by atoms with van der Waals surface area (Å²) in [7, 11) is 2.06. The monoisotopic (exact) mass is 256 g/mol. The Morgan fingerprint density at radius 3 is 2.58 bits per heavy atom. The molecule has 0 aliphatic rings. The normalized spacial score (nSPS) is 13.7. The molecule has 2 heteroatoms. The third kappa shape index (κ3) is 3.77. The van der Waals surface area contributed by atoms with Crippen LogP contribution in [-0.2, 0) is 6.42 Å². The van der Waals surface area contributed by atoms with Crippen molar-refractivity contribution in [1.82, 2.24) is 10.3 Å². The Hall–Kier alpha value is -1.41. The molecule has 1 aromatic heterocycles. The van der Waals surface area contributed by atoms with Gasteiger partial charge in [-0.25, -0.2) is 0 Å². The molecule has 19 heavy (non-hydrogen) atoms. The van der Waals surface area contributed by atoms with E-state index in [1.54, 1.807) is 0 Å². The standard InChI is InChI=1S/C17H24N2/c1-17(2,3)12-14(18-4)11-13-9-10-19-16-8-6-5-7-15(13)16/h5-10,14,18H,11-12H2,1-4H3. The Balaban J connectivity index is 2.24. The van der Waals surface area contributed by atoms with Crippen molar-refractivity contribution in [3.63, 3.8) is 0 Å². The summed E-state index contributed by atoms with van der Waals surface area (Å²) in [6.07, 6.45) is 4.14. The SMILES string of the molecule is CNC(Cc1ccnc2ccccc12)CC(C)(C)C. The number of benzene rings is 1. The Morgan fingerprint density at radius 2 is 1.89 bits per heavy atom. The van der Waals surface area contributed by atoms with Gasteiger partial charge in [-0.15, -0.1) is 0 Å². The molecule has 1 unspecified atom stereocenters. The first-order valence-electron chi connectivity index (χ1n) is 6.99. The maximum Gasteiger partial charge on any atom is 0.0704 e. The third-order valence-electron chi connectivity index (χ3n) is 3.47. The zero-order chi connectivity index (χ0) is 13.9. The van der Waals surface area contributed by atoms with Gasteiger partial charge in [-0.1, -0.05) is 39.0 Å². The van der Waals surface area contributed by atoms with Crippen LogP contribution in [-0.4, -0.2) is 18.1 Å². The Bertz CT molecular complexity index is 535. The summed E-state index contributed by atoms with van der Waals surface area (Å²) in [5.74, 6) is 0. The van der Waals surface area contributed by atoms with E-state index in [1.165, 1.54) is 17.4 Å². The highest BCUT2D eigenvalue weighted by Gasteiger charge is 2.18. The molecule has 0 aliphatic carbocycles. The van der Waals surface area contributed by atoms with Crippen LogP contribution < -0.4 is 5.32 Å². The van der Waals surface area contributed by atoms with Crippen LogP contribution in [0.2, 0.25) is 0 Å². The molecule has 1 aromatic carbocycles. The minimum Gasteiger partial charge on any atom is -0.317 e. The lowest BCUT2D eigenvalue weighted by molar-refractivity contribution is 0.316. The number of rotatable bonds is 4. The number of pyridine rings is 1. The van der Waals surface area contributed by atoms with E-state index in [0.29, 0.717) is 11.5 Å². The summed E-state index contributed by atoms with van der Waals surface area (Å²) in [6.45, 7) is 6.88. The van der Waals surface area contributed by atoms with Crippen molar-refractivity contribution in [2.24, 2.45) is 5.41 Å². The molecule has 1 heterocycles. The molecule has 2 nitrogen and oxygen atoms in total. The van der Waals surface area contributed by atoms with Gasteiger partial charge < -0.3 is 5.32 Å². The quantitative estimate of drug-likeness (QED) is 0.900. The predicted molar refractivity (Wildman–Crippen MR) is 82.4 cm³/mol. The van der Waals surface area contributed by atoms with Gasteiger partial charge in [-0.2, -0.15) is 0 Å². The largest absolute Gasteiger partial charge is 0.317 e. The maximum atomic E-state index is 4.43. The van der Waals surface area contributed by atoms with E-state index in [4.69, 9.17) is 0 Å². The number of hydrogen-bond acceptors (Lipinski definition) is 2. The highest BCUT2D eigenvalue weighted by atomic mass is 14.9. The lowest BCUT2D eigenvalue weighted by Gasteiger charge is -2.26. The van der Waals surface area contributed by atoms with Gasteiger partial charge in [0, 0.05) is 17.6 Å². The van der Waals surface area contributed by atoms with Crippen LogP contribution >= 0.6 is 0 Å². The van der Waals surface area contributed by atoms with E-state index >= 15 is 0 Å². The first kappa shape index (κ1) is 14.0. The minimum absolute atomic E-state index is 0.344. The zero-order valence-electron chi connectivity index (χ0n) is 12.4. The van der Waals surface area contributed by atoms with Gasteiger partial charge in [0.15, 0.2) is 0 Å². The van der Waals surface area contributed by atoms with Crippen molar-refractivity contribution in [3.05, 3.63) is 42.1 Å². The number of para-hydroxylation sites is 1. The van der Waals surface area contributed by atoms with Crippen molar-refractivity contribution in [2.75, 3.05) is 7.05 Å². The minimum atomic E-state index is 0.344. The van der Waals surface area contributed by atoms with Gasteiger partial charge in [-0.05, 0) is 43.0 Å². The molecule has 0 aliphatic heterocycles. The van der Waals surface area contributed by atoms with E-state index < -0.39 is 0 Å². The van der Waals surface area contributed by atoms with E-state index in [9.17, 15) is 0 Å². The molecule has 0 spiro atoms. The fraction of sp³-hybridized carbons (Fsp3) is 0.471. The molecule has 102 valence electrons. The van der Waals surface area contributed by atoms with Crippen LogP contribution in [0.15, 0.2) is 36.5 Å². The summed E-state index contributed by atoms with van der Waals surface area (Å²) in [4.78, 5) is 4.43. The first-order valence-corrected chi connectivity index (χ1v) is 6.99. The molecule has 0 saturated heterocycles. The van der Waals surface area contributed by atoms with Crippen LogP contribution in [0.25, 0.3) is 10.9 Å². The van der Waals surface area contributed by atoms with Crippen LogP contribution in [0.4, 0.5) is 0 Å².